The molecule has 0 fully saturated rings. The highest BCUT2D eigenvalue weighted by Gasteiger charge is 2.15. The molecular formula is C26H23F2N3O4. The average Bonchev–Trinajstić information content (AvgIpc) is 2.84. The molecule has 0 unspecified atom stereocenters. The molecule has 0 atom stereocenters. The molecule has 2 N–H and O–H groups in total. The van der Waals surface area contributed by atoms with Gasteiger partial charge in [0.05, 0.1) is 25.4 Å². The fourth-order valence-electron chi connectivity index (χ4n) is 3.56. The predicted octanol–water partition coefficient (Wildman–Crippen LogP) is 6.58. The van der Waals surface area contributed by atoms with Crippen LogP contribution in [0.4, 0.5) is 25.0 Å². The summed E-state index contributed by atoms with van der Waals surface area (Å²) in [6.07, 6.45) is 1.64. The van der Waals surface area contributed by atoms with Crippen molar-refractivity contribution in [3.8, 4) is 23.0 Å². The summed E-state index contributed by atoms with van der Waals surface area (Å²) in [5.74, 6) is 0.675. The van der Waals surface area contributed by atoms with Crippen LogP contribution < -0.4 is 24.8 Å². The van der Waals surface area contributed by atoms with E-state index >= 15 is 0 Å². The Morgan fingerprint density at radius 2 is 1.49 bits per heavy atom. The molecule has 4 rings (SSSR count). The number of rotatable bonds is 6. The molecule has 35 heavy (non-hydrogen) atoms. The van der Waals surface area contributed by atoms with E-state index in [1.807, 2.05) is 13.8 Å². The number of hydrogen-bond acceptors (Lipinski definition) is 5. The van der Waals surface area contributed by atoms with Crippen molar-refractivity contribution in [3.05, 3.63) is 77.5 Å². The summed E-state index contributed by atoms with van der Waals surface area (Å²) in [5.41, 5.74) is 2.62. The highest BCUT2D eigenvalue weighted by atomic mass is 19.1. The molecule has 4 aromatic rings. The Morgan fingerprint density at radius 1 is 0.800 bits per heavy atom. The molecule has 0 saturated carbocycles. The Morgan fingerprint density at radius 3 is 2.20 bits per heavy atom. The Kier molecular flexibility index (Phi) is 6.68. The molecule has 0 bridgehead atoms. The van der Waals surface area contributed by atoms with E-state index < -0.39 is 17.7 Å². The Balaban J connectivity index is 1.57. The minimum absolute atomic E-state index is 0.130. The number of amides is 2. The maximum absolute atomic E-state index is 13.8. The number of halogens is 2. The van der Waals surface area contributed by atoms with Gasteiger partial charge in [0, 0.05) is 29.4 Å². The van der Waals surface area contributed by atoms with E-state index in [2.05, 4.69) is 15.6 Å². The van der Waals surface area contributed by atoms with Crippen molar-refractivity contribution in [1.82, 2.24) is 4.98 Å². The zero-order valence-corrected chi connectivity index (χ0v) is 19.5. The van der Waals surface area contributed by atoms with Crippen LogP contribution in [0.1, 0.15) is 11.1 Å². The molecule has 0 spiro atoms. The number of carbonyl (C=O) groups is 1. The van der Waals surface area contributed by atoms with Crippen LogP contribution in [0.5, 0.6) is 23.0 Å². The van der Waals surface area contributed by atoms with E-state index in [1.165, 1.54) is 0 Å². The second-order valence-electron chi connectivity index (χ2n) is 7.70. The zero-order chi connectivity index (χ0) is 25.1. The van der Waals surface area contributed by atoms with E-state index in [0.29, 0.717) is 40.3 Å². The van der Waals surface area contributed by atoms with Crippen LogP contribution >= 0.6 is 0 Å². The molecule has 9 heteroatoms. The second-order valence-corrected chi connectivity index (χ2v) is 7.70. The van der Waals surface area contributed by atoms with Gasteiger partial charge in [-0.05, 0) is 61.4 Å². The van der Waals surface area contributed by atoms with Gasteiger partial charge >= 0.3 is 6.03 Å². The van der Waals surface area contributed by atoms with E-state index in [1.54, 1.807) is 50.7 Å². The maximum atomic E-state index is 13.8. The van der Waals surface area contributed by atoms with Crippen LogP contribution in [0.3, 0.4) is 0 Å². The molecule has 0 aliphatic heterocycles. The van der Waals surface area contributed by atoms with Gasteiger partial charge in [-0.15, -0.1) is 0 Å². The molecule has 180 valence electrons. The maximum Gasteiger partial charge on any atom is 0.323 e. The van der Waals surface area contributed by atoms with Gasteiger partial charge in [-0.25, -0.2) is 13.6 Å². The number of ether oxygens (including phenoxy) is 3. The minimum Gasteiger partial charge on any atom is -0.493 e. The number of nitrogens with zero attached hydrogens (tertiary/aromatic N) is 1. The minimum atomic E-state index is -0.865. The molecule has 3 aromatic carbocycles. The first-order valence-corrected chi connectivity index (χ1v) is 10.6. The molecule has 0 aliphatic carbocycles. The van der Waals surface area contributed by atoms with Gasteiger partial charge in [-0.1, -0.05) is 0 Å². The summed E-state index contributed by atoms with van der Waals surface area (Å²) < 4.78 is 43.9. The number of urea groups is 1. The first-order chi connectivity index (χ1) is 16.8. The normalized spacial score (nSPS) is 10.7. The number of methoxy groups -OCH3 is 2. The van der Waals surface area contributed by atoms with Crippen molar-refractivity contribution < 1.29 is 27.8 Å². The fourth-order valence-corrected chi connectivity index (χ4v) is 3.56. The molecule has 2 amide bonds. The van der Waals surface area contributed by atoms with Gasteiger partial charge in [0.25, 0.3) is 0 Å². The van der Waals surface area contributed by atoms with Crippen molar-refractivity contribution >= 4 is 28.3 Å². The fraction of sp³-hybridized carbons (Fsp3) is 0.154. The average molecular weight is 479 g/mol. The summed E-state index contributed by atoms with van der Waals surface area (Å²) in [6, 6.07) is 11.0. The third-order valence-electron chi connectivity index (χ3n) is 5.59. The smallest absolute Gasteiger partial charge is 0.323 e. The lowest BCUT2D eigenvalue weighted by Crippen LogP contribution is -2.21. The molecule has 7 nitrogen and oxygen atoms in total. The molecule has 1 aromatic heterocycles. The number of aromatic nitrogens is 1. The summed E-state index contributed by atoms with van der Waals surface area (Å²) in [7, 11) is 3.11. The third-order valence-corrected chi connectivity index (χ3v) is 5.59. The van der Waals surface area contributed by atoms with E-state index in [0.717, 1.165) is 28.6 Å². The molecule has 0 saturated heterocycles. The quantitative estimate of drug-likeness (QED) is 0.326. The number of hydrogen-bond donors (Lipinski definition) is 2. The van der Waals surface area contributed by atoms with Crippen LogP contribution in [-0.4, -0.2) is 25.2 Å². The van der Waals surface area contributed by atoms with E-state index in [4.69, 9.17) is 14.2 Å². The summed E-state index contributed by atoms with van der Waals surface area (Å²) in [4.78, 5) is 16.8. The predicted molar refractivity (Wildman–Crippen MR) is 130 cm³/mol. The van der Waals surface area contributed by atoms with Gasteiger partial charge in [0.1, 0.15) is 23.1 Å². The lowest BCUT2D eigenvalue weighted by atomic mass is 10.1. The number of pyridine rings is 1. The van der Waals surface area contributed by atoms with Gasteiger partial charge in [0.15, 0.2) is 11.5 Å². The number of nitrogens with one attached hydrogen (secondary N) is 2. The van der Waals surface area contributed by atoms with E-state index in [-0.39, 0.29) is 5.69 Å². The van der Waals surface area contributed by atoms with Crippen LogP contribution in [0.15, 0.2) is 54.7 Å². The second kappa shape index (κ2) is 9.84. The molecule has 0 radical (unpaired) electrons. The van der Waals surface area contributed by atoms with Gasteiger partial charge in [0.2, 0.25) is 0 Å². The van der Waals surface area contributed by atoms with Crippen molar-refractivity contribution in [2.24, 2.45) is 0 Å². The van der Waals surface area contributed by atoms with Crippen LogP contribution in [-0.2, 0) is 0 Å². The van der Waals surface area contributed by atoms with Crippen LogP contribution in [0.2, 0.25) is 0 Å². The Hall–Kier alpha value is -4.40. The Bertz CT molecular complexity index is 1430. The Labute approximate surface area is 200 Å². The van der Waals surface area contributed by atoms with Crippen molar-refractivity contribution in [2.75, 3.05) is 24.9 Å². The third kappa shape index (κ3) is 4.93. The van der Waals surface area contributed by atoms with Gasteiger partial charge in [-0.3, -0.25) is 4.98 Å². The van der Waals surface area contributed by atoms with Crippen molar-refractivity contribution in [3.63, 3.8) is 0 Å². The first-order valence-electron chi connectivity index (χ1n) is 10.6. The summed E-state index contributed by atoms with van der Waals surface area (Å²) in [6.45, 7) is 3.69. The van der Waals surface area contributed by atoms with E-state index in [9.17, 15) is 13.6 Å². The lowest BCUT2D eigenvalue weighted by Gasteiger charge is -2.17. The number of anilines is 2. The standard InChI is InChI=1S/C26H23F2N3O4/c1-14-15(2)22(8-7-19(14)30-26(32)31-20-6-5-16(27)11-18(20)28)35-23-9-10-29-21-13-25(34-4)24(33-3)12-17(21)23/h5-13H,1-4H3,(H2,30,31,32). The molecular weight excluding hydrogens is 456 g/mol. The lowest BCUT2D eigenvalue weighted by molar-refractivity contribution is 0.262. The van der Waals surface area contributed by atoms with Crippen molar-refractivity contribution in [2.45, 2.75) is 13.8 Å². The highest BCUT2D eigenvalue weighted by Crippen LogP contribution is 2.38. The van der Waals surface area contributed by atoms with Crippen LogP contribution in [0, 0.1) is 25.5 Å². The summed E-state index contributed by atoms with van der Waals surface area (Å²) >= 11 is 0. The summed E-state index contributed by atoms with van der Waals surface area (Å²) in [5, 5.41) is 5.80. The van der Waals surface area contributed by atoms with Crippen molar-refractivity contribution in [1.29, 1.82) is 0 Å². The van der Waals surface area contributed by atoms with Gasteiger partial charge in [-0.2, -0.15) is 0 Å². The highest BCUT2D eigenvalue weighted by molar-refractivity contribution is 6.00. The monoisotopic (exact) mass is 479 g/mol. The van der Waals surface area contributed by atoms with Gasteiger partial charge < -0.3 is 24.8 Å². The topological polar surface area (TPSA) is 81.7 Å². The largest absolute Gasteiger partial charge is 0.493 e. The number of fused-ring (bicyclic) bond motifs is 1. The number of benzene rings is 3. The SMILES string of the molecule is COc1cc2nccc(Oc3ccc(NC(=O)Nc4ccc(F)cc4F)c(C)c3C)c2cc1OC. The molecule has 0 aliphatic rings. The van der Waals surface area contributed by atoms with Crippen LogP contribution in [0.25, 0.3) is 10.9 Å². The number of carbonyl (C=O) groups excluding carboxylic acids is 1. The molecule has 1 heterocycles. The zero-order valence-electron chi connectivity index (χ0n) is 19.5. The first kappa shape index (κ1) is 23.7.